The second-order valence-corrected chi connectivity index (χ2v) is 8.50. The molecule has 0 unspecified atom stereocenters. The number of carbonyl (C=O) groups excluding carboxylic acids is 1. The molecule has 1 aliphatic heterocycles. The average molecular weight is 337 g/mol. The Labute approximate surface area is 134 Å². The van der Waals surface area contributed by atoms with E-state index in [1.807, 2.05) is 0 Å². The summed E-state index contributed by atoms with van der Waals surface area (Å²) in [5.74, 6) is 0.247. The molecule has 0 atom stereocenters. The van der Waals surface area contributed by atoms with Gasteiger partial charge in [-0.25, -0.2) is 18.1 Å². The Morgan fingerprint density at radius 3 is 2.78 bits per heavy atom. The molecule has 2 heterocycles. The molecule has 8 heteroatoms. The van der Waals surface area contributed by atoms with Crippen molar-refractivity contribution in [1.29, 1.82) is 0 Å². The molecule has 4 rings (SSSR count). The molecule has 23 heavy (non-hydrogen) atoms. The quantitative estimate of drug-likeness (QED) is 0.869. The molecule has 1 aromatic heterocycles. The first-order valence-corrected chi connectivity index (χ1v) is 9.39. The summed E-state index contributed by atoms with van der Waals surface area (Å²) in [5, 5.41) is 2.54. The first kappa shape index (κ1) is 14.9. The van der Waals surface area contributed by atoms with E-state index in [1.165, 1.54) is 37.9 Å². The summed E-state index contributed by atoms with van der Waals surface area (Å²) in [6.45, 7) is -0.128. The number of sulfonamides is 1. The minimum Gasteiger partial charge on any atom is -0.480 e. The van der Waals surface area contributed by atoms with Crippen LogP contribution in [0.2, 0.25) is 0 Å². The fourth-order valence-electron chi connectivity index (χ4n) is 3.98. The number of aromatic nitrogens is 1. The zero-order valence-electron chi connectivity index (χ0n) is 12.7. The van der Waals surface area contributed by atoms with E-state index in [9.17, 15) is 13.2 Å². The van der Waals surface area contributed by atoms with Gasteiger partial charge >= 0.3 is 0 Å². The molecule has 0 bridgehead atoms. The normalized spacial score (nSPS) is 23.0. The van der Waals surface area contributed by atoms with Gasteiger partial charge in [-0.2, -0.15) is 0 Å². The summed E-state index contributed by atoms with van der Waals surface area (Å²) < 4.78 is 33.0. The second kappa shape index (κ2) is 5.17. The van der Waals surface area contributed by atoms with Crippen molar-refractivity contribution in [3.05, 3.63) is 12.3 Å². The maximum Gasteiger partial charge on any atom is 0.263 e. The van der Waals surface area contributed by atoms with Crippen LogP contribution in [0.15, 0.2) is 17.2 Å². The van der Waals surface area contributed by atoms with Crippen LogP contribution >= 0.6 is 0 Å². The Bertz CT molecular complexity index is 748. The van der Waals surface area contributed by atoms with E-state index in [1.54, 1.807) is 0 Å². The highest BCUT2D eigenvalue weighted by Crippen LogP contribution is 2.53. The van der Waals surface area contributed by atoms with Crippen molar-refractivity contribution in [1.82, 2.24) is 9.71 Å². The Hall–Kier alpha value is -1.67. The van der Waals surface area contributed by atoms with Crippen LogP contribution in [0.4, 0.5) is 5.82 Å². The van der Waals surface area contributed by atoms with Crippen molar-refractivity contribution in [2.24, 2.45) is 5.41 Å². The Kier molecular flexibility index (Phi) is 3.35. The third-order valence-electron chi connectivity index (χ3n) is 5.10. The molecule has 1 amide bonds. The van der Waals surface area contributed by atoms with Gasteiger partial charge in [0, 0.05) is 18.3 Å². The Morgan fingerprint density at radius 2 is 2.04 bits per heavy atom. The van der Waals surface area contributed by atoms with Crippen molar-refractivity contribution in [3.63, 3.8) is 0 Å². The predicted octanol–water partition coefficient (Wildman–Crippen LogP) is 1.41. The first-order chi connectivity index (χ1) is 11.0. The number of amides is 1. The molecule has 7 nitrogen and oxygen atoms in total. The topological polar surface area (TPSA) is 97.4 Å². The van der Waals surface area contributed by atoms with Crippen molar-refractivity contribution in [2.75, 3.05) is 11.9 Å². The first-order valence-electron chi connectivity index (χ1n) is 7.91. The summed E-state index contributed by atoms with van der Waals surface area (Å²) in [4.78, 5) is 15.3. The molecule has 0 aromatic carbocycles. The summed E-state index contributed by atoms with van der Waals surface area (Å²) in [5.41, 5.74) is 0.384. The standard InChI is InChI=1S/C15H19N3O4S/c19-13-9-22-12-5-11(8-16-14(12)17-13)23(20,21)18-10-6-15(7-10)3-1-2-4-15/h5,8,10,18H,1-4,6-7,9H2,(H,16,17,19). The van der Waals surface area contributed by atoms with Crippen LogP contribution < -0.4 is 14.8 Å². The van der Waals surface area contributed by atoms with Crippen LogP contribution in [0.1, 0.15) is 38.5 Å². The van der Waals surface area contributed by atoms with Gasteiger partial charge in [-0.3, -0.25) is 4.79 Å². The maximum atomic E-state index is 12.5. The molecule has 0 saturated heterocycles. The minimum absolute atomic E-state index is 0.00903. The SMILES string of the molecule is O=C1COc2cc(S(=O)(=O)NC3CC4(CCCC4)C3)cnc2N1. The van der Waals surface area contributed by atoms with E-state index in [0.717, 1.165) is 12.8 Å². The van der Waals surface area contributed by atoms with Crippen LogP contribution in [0.3, 0.4) is 0 Å². The third kappa shape index (κ3) is 2.70. The zero-order chi connectivity index (χ0) is 16.1. The minimum atomic E-state index is -3.62. The molecule has 1 aromatic rings. The number of anilines is 1. The number of carbonyl (C=O) groups is 1. The molecule has 124 valence electrons. The smallest absolute Gasteiger partial charge is 0.263 e. The van der Waals surface area contributed by atoms with E-state index in [4.69, 9.17) is 4.74 Å². The fourth-order valence-corrected chi connectivity index (χ4v) is 5.17. The van der Waals surface area contributed by atoms with Gasteiger partial charge in [-0.15, -0.1) is 0 Å². The van der Waals surface area contributed by atoms with Gasteiger partial charge in [0.05, 0.1) is 0 Å². The molecular formula is C15H19N3O4S. The van der Waals surface area contributed by atoms with Crippen LogP contribution in [0.5, 0.6) is 5.75 Å². The van der Waals surface area contributed by atoms with Crippen molar-refractivity contribution < 1.29 is 17.9 Å². The predicted molar refractivity (Wildman–Crippen MR) is 82.6 cm³/mol. The van der Waals surface area contributed by atoms with Gasteiger partial charge in [0.1, 0.15) is 4.90 Å². The average Bonchev–Trinajstić information content (AvgIpc) is 2.95. The number of fused-ring (bicyclic) bond motifs is 1. The van der Waals surface area contributed by atoms with E-state index in [-0.39, 0.29) is 35.0 Å². The van der Waals surface area contributed by atoms with Crippen LogP contribution in [0.25, 0.3) is 0 Å². The molecule has 2 saturated carbocycles. The number of ether oxygens (including phenoxy) is 1. The van der Waals surface area contributed by atoms with Gasteiger partial charge in [0.15, 0.2) is 18.2 Å². The lowest BCUT2D eigenvalue weighted by atomic mass is 9.65. The summed E-state index contributed by atoms with van der Waals surface area (Å²) in [7, 11) is -3.62. The largest absolute Gasteiger partial charge is 0.480 e. The van der Waals surface area contributed by atoms with Crippen molar-refractivity contribution in [2.45, 2.75) is 49.5 Å². The number of hydrogen-bond donors (Lipinski definition) is 2. The van der Waals surface area contributed by atoms with Crippen molar-refractivity contribution in [3.8, 4) is 5.75 Å². The van der Waals surface area contributed by atoms with E-state index >= 15 is 0 Å². The molecule has 2 N–H and O–H groups in total. The van der Waals surface area contributed by atoms with Gasteiger partial charge in [-0.05, 0) is 31.1 Å². The number of hydrogen-bond acceptors (Lipinski definition) is 5. The van der Waals surface area contributed by atoms with Gasteiger partial charge < -0.3 is 10.1 Å². The van der Waals surface area contributed by atoms with Gasteiger partial charge in [0.25, 0.3) is 5.91 Å². The molecule has 1 spiro atoms. The lowest BCUT2D eigenvalue weighted by Crippen LogP contribution is -2.49. The zero-order valence-corrected chi connectivity index (χ0v) is 13.5. The molecule has 2 aliphatic carbocycles. The van der Waals surface area contributed by atoms with E-state index in [0.29, 0.717) is 5.41 Å². The highest BCUT2D eigenvalue weighted by molar-refractivity contribution is 7.89. The third-order valence-corrected chi connectivity index (χ3v) is 6.59. The molecule has 2 fully saturated rings. The van der Waals surface area contributed by atoms with Gasteiger partial charge in [0.2, 0.25) is 10.0 Å². The summed E-state index contributed by atoms with van der Waals surface area (Å²) in [6, 6.07) is 1.42. The number of nitrogens with one attached hydrogen (secondary N) is 2. The molecular weight excluding hydrogens is 318 g/mol. The fraction of sp³-hybridized carbons (Fsp3) is 0.600. The number of nitrogens with zero attached hydrogens (tertiary/aromatic N) is 1. The van der Waals surface area contributed by atoms with Crippen LogP contribution in [0, 0.1) is 5.41 Å². The number of rotatable bonds is 3. The highest BCUT2D eigenvalue weighted by atomic mass is 32.2. The van der Waals surface area contributed by atoms with Crippen molar-refractivity contribution >= 4 is 21.7 Å². The molecule has 0 radical (unpaired) electrons. The van der Waals surface area contributed by atoms with Gasteiger partial charge in [-0.1, -0.05) is 12.8 Å². The number of pyridine rings is 1. The van der Waals surface area contributed by atoms with E-state index in [2.05, 4.69) is 15.0 Å². The Morgan fingerprint density at radius 1 is 1.30 bits per heavy atom. The summed E-state index contributed by atoms with van der Waals surface area (Å²) >= 11 is 0. The van der Waals surface area contributed by atoms with E-state index < -0.39 is 10.0 Å². The van der Waals surface area contributed by atoms with Crippen LogP contribution in [-0.4, -0.2) is 32.0 Å². The monoisotopic (exact) mass is 337 g/mol. The van der Waals surface area contributed by atoms with Crippen LogP contribution in [-0.2, 0) is 14.8 Å². The lowest BCUT2D eigenvalue weighted by molar-refractivity contribution is -0.118. The highest BCUT2D eigenvalue weighted by Gasteiger charge is 2.46. The molecule has 3 aliphatic rings. The second-order valence-electron chi connectivity index (χ2n) is 6.79. The Balaban J connectivity index is 1.48. The maximum absolute atomic E-state index is 12.5. The lowest BCUT2D eigenvalue weighted by Gasteiger charge is -2.45. The summed E-state index contributed by atoms with van der Waals surface area (Å²) in [6.07, 6.45) is 8.07.